The summed E-state index contributed by atoms with van der Waals surface area (Å²) in [7, 11) is 3.15. The first-order valence-electron chi connectivity index (χ1n) is 7.54. The first-order valence-corrected chi connectivity index (χ1v) is 7.54. The van der Waals surface area contributed by atoms with Crippen molar-refractivity contribution in [3.63, 3.8) is 0 Å². The molecule has 0 fully saturated rings. The van der Waals surface area contributed by atoms with Crippen molar-refractivity contribution in [2.24, 2.45) is 0 Å². The zero-order valence-electron chi connectivity index (χ0n) is 13.6. The normalized spacial score (nSPS) is 13.5. The Labute approximate surface area is 127 Å². The number of rotatable bonds is 9. The molecular weight excluding hydrogens is 266 g/mol. The average molecular weight is 293 g/mol. The van der Waals surface area contributed by atoms with Gasteiger partial charge in [0.15, 0.2) is 0 Å². The summed E-state index contributed by atoms with van der Waals surface area (Å²) in [5.74, 6) is 0.557. The van der Waals surface area contributed by atoms with Crippen molar-refractivity contribution < 1.29 is 14.3 Å². The van der Waals surface area contributed by atoms with Crippen LogP contribution in [-0.4, -0.2) is 32.3 Å². The SMILES string of the molecule is CCCCc1ccc(OCCC(C)(NC)C(=O)OC)cc1. The number of benzene rings is 1. The molecule has 0 amide bonds. The summed E-state index contributed by atoms with van der Waals surface area (Å²) in [6.45, 7) is 4.47. The van der Waals surface area contributed by atoms with Crippen LogP contribution in [0.25, 0.3) is 0 Å². The van der Waals surface area contributed by atoms with E-state index in [4.69, 9.17) is 9.47 Å². The topological polar surface area (TPSA) is 47.6 Å². The molecule has 0 saturated carbocycles. The van der Waals surface area contributed by atoms with Gasteiger partial charge in [-0.2, -0.15) is 0 Å². The molecule has 0 heterocycles. The molecule has 21 heavy (non-hydrogen) atoms. The van der Waals surface area contributed by atoms with Gasteiger partial charge in [0, 0.05) is 6.42 Å². The molecule has 1 rings (SSSR count). The van der Waals surface area contributed by atoms with E-state index in [1.54, 1.807) is 7.05 Å². The Kier molecular flexibility index (Phi) is 7.23. The maximum absolute atomic E-state index is 11.7. The molecule has 4 heteroatoms. The van der Waals surface area contributed by atoms with Gasteiger partial charge in [-0.15, -0.1) is 0 Å². The van der Waals surface area contributed by atoms with Gasteiger partial charge in [-0.25, -0.2) is 0 Å². The van der Waals surface area contributed by atoms with Gasteiger partial charge in [0.25, 0.3) is 0 Å². The predicted octanol–water partition coefficient (Wildman–Crippen LogP) is 2.95. The fraction of sp³-hybridized carbons (Fsp3) is 0.588. The van der Waals surface area contributed by atoms with Crippen molar-refractivity contribution in [2.45, 2.75) is 45.1 Å². The smallest absolute Gasteiger partial charge is 0.325 e. The molecule has 1 N–H and O–H groups in total. The Bertz CT molecular complexity index is 430. The highest BCUT2D eigenvalue weighted by atomic mass is 16.5. The molecule has 4 nitrogen and oxygen atoms in total. The lowest BCUT2D eigenvalue weighted by atomic mass is 9.99. The molecule has 1 unspecified atom stereocenters. The summed E-state index contributed by atoms with van der Waals surface area (Å²) in [6.07, 6.45) is 4.07. The number of aryl methyl sites for hydroxylation is 1. The van der Waals surface area contributed by atoms with Crippen molar-refractivity contribution in [3.8, 4) is 5.75 Å². The zero-order chi connectivity index (χ0) is 15.7. The van der Waals surface area contributed by atoms with E-state index in [1.165, 1.54) is 25.5 Å². The van der Waals surface area contributed by atoms with Crippen LogP contribution in [0.4, 0.5) is 0 Å². The van der Waals surface area contributed by atoms with Crippen LogP contribution in [0.2, 0.25) is 0 Å². The molecule has 0 radical (unpaired) electrons. The highest BCUT2D eigenvalue weighted by Gasteiger charge is 2.32. The quantitative estimate of drug-likeness (QED) is 0.711. The van der Waals surface area contributed by atoms with Crippen molar-refractivity contribution in [1.29, 1.82) is 0 Å². The van der Waals surface area contributed by atoms with Gasteiger partial charge in [0.05, 0.1) is 13.7 Å². The first kappa shape index (κ1) is 17.5. The Morgan fingerprint density at radius 2 is 1.95 bits per heavy atom. The minimum Gasteiger partial charge on any atom is -0.494 e. The number of ether oxygens (including phenoxy) is 2. The van der Waals surface area contributed by atoms with Gasteiger partial charge < -0.3 is 14.8 Å². The molecule has 0 aliphatic heterocycles. The summed E-state index contributed by atoms with van der Waals surface area (Å²) < 4.78 is 10.5. The fourth-order valence-corrected chi connectivity index (χ4v) is 2.06. The van der Waals surface area contributed by atoms with Crippen LogP contribution in [0.5, 0.6) is 5.75 Å². The van der Waals surface area contributed by atoms with Crippen molar-refractivity contribution >= 4 is 5.97 Å². The average Bonchev–Trinajstić information content (AvgIpc) is 2.53. The number of esters is 1. The number of hydrogen-bond acceptors (Lipinski definition) is 4. The van der Waals surface area contributed by atoms with Gasteiger partial charge in [0.1, 0.15) is 11.3 Å². The zero-order valence-corrected chi connectivity index (χ0v) is 13.6. The number of carbonyl (C=O) groups is 1. The number of carbonyl (C=O) groups excluding carboxylic acids is 1. The molecule has 1 atom stereocenters. The van der Waals surface area contributed by atoms with E-state index in [0.717, 1.165) is 12.2 Å². The number of nitrogens with one attached hydrogen (secondary N) is 1. The molecule has 0 spiro atoms. The van der Waals surface area contributed by atoms with Gasteiger partial charge >= 0.3 is 5.97 Å². The molecule has 1 aromatic carbocycles. The monoisotopic (exact) mass is 293 g/mol. The van der Waals surface area contributed by atoms with Crippen molar-refractivity contribution in [3.05, 3.63) is 29.8 Å². The lowest BCUT2D eigenvalue weighted by molar-refractivity contribution is -0.148. The molecule has 0 aliphatic rings. The summed E-state index contributed by atoms with van der Waals surface area (Å²) in [5, 5.41) is 2.99. The Morgan fingerprint density at radius 3 is 2.48 bits per heavy atom. The van der Waals surface area contributed by atoms with Gasteiger partial charge in [-0.1, -0.05) is 25.5 Å². The number of unbranched alkanes of at least 4 members (excludes halogenated alkanes) is 1. The van der Waals surface area contributed by atoms with Crippen LogP contribution in [0.3, 0.4) is 0 Å². The second kappa shape index (κ2) is 8.67. The summed E-state index contributed by atoms with van der Waals surface area (Å²) >= 11 is 0. The molecular formula is C17H27NO3. The van der Waals surface area contributed by atoms with E-state index in [1.807, 2.05) is 19.1 Å². The standard InChI is InChI=1S/C17H27NO3/c1-5-6-7-14-8-10-15(11-9-14)21-13-12-17(2,18-3)16(19)20-4/h8-11,18H,5-7,12-13H2,1-4H3. The third-order valence-corrected chi connectivity index (χ3v) is 3.80. The van der Waals surface area contributed by atoms with E-state index in [0.29, 0.717) is 13.0 Å². The second-order valence-corrected chi connectivity index (χ2v) is 5.42. The maximum Gasteiger partial charge on any atom is 0.325 e. The van der Waals surface area contributed by atoms with Crippen molar-refractivity contribution in [2.75, 3.05) is 20.8 Å². The maximum atomic E-state index is 11.7. The number of likely N-dealkylation sites (N-methyl/N-ethyl adjacent to an activating group) is 1. The fourth-order valence-electron chi connectivity index (χ4n) is 2.06. The highest BCUT2D eigenvalue weighted by molar-refractivity contribution is 5.80. The van der Waals surface area contributed by atoms with Crippen LogP contribution in [-0.2, 0) is 16.0 Å². The minimum absolute atomic E-state index is 0.275. The number of methoxy groups -OCH3 is 1. The largest absolute Gasteiger partial charge is 0.494 e. The second-order valence-electron chi connectivity index (χ2n) is 5.42. The third kappa shape index (κ3) is 5.38. The molecule has 0 saturated heterocycles. The predicted molar refractivity (Wildman–Crippen MR) is 84.6 cm³/mol. The molecule has 1 aromatic rings. The van der Waals surface area contributed by atoms with E-state index >= 15 is 0 Å². The van der Waals surface area contributed by atoms with E-state index in [2.05, 4.69) is 24.4 Å². The van der Waals surface area contributed by atoms with E-state index in [9.17, 15) is 4.79 Å². The Morgan fingerprint density at radius 1 is 1.29 bits per heavy atom. The minimum atomic E-state index is -0.712. The van der Waals surface area contributed by atoms with Crippen molar-refractivity contribution in [1.82, 2.24) is 5.32 Å². The van der Waals surface area contributed by atoms with Crippen LogP contribution in [0.1, 0.15) is 38.7 Å². The lowest BCUT2D eigenvalue weighted by Crippen LogP contribution is -2.49. The number of hydrogen-bond donors (Lipinski definition) is 1. The van der Waals surface area contributed by atoms with Crippen LogP contribution in [0.15, 0.2) is 24.3 Å². The molecule has 0 bridgehead atoms. The van der Waals surface area contributed by atoms with Gasteiger partial charge in [-0.05, 0) is 44.5 Å². The van der Waals surface area contributed by atoms with Gasteiger partial charge in [0.2, 0.25) is 0 Å². The van der Waals surface area contributed by atoms with Crippen LogP contribution >= 0.6 is 0 Å². The third-order valence-electron chi connectivity index (χ3n) is 3.80. The molecule has 0 aromatic heterocycles. The highest BCUT2D eigenvalue weighted by Crippen LogP contribution is 2.16. The summed E-state index contributed by atoms with van der Waals surface area (Å²) in [5.41, 5.74) is 0.620. The first-order chi connectivity index (χ1) is 10.1. The van der Waals surface area contributed by atoms with E-state index in [-0.39, 0.29) is 5.97 Å². The van der Waals surface area contributed by atoms with E-state index < -0.39 is 5.54 Å². The molecule has 0 aliphatic carbocycles. The van der Waals surface area contributed by atoms with Crippen LogP contribution in [0, 0.1) is 0 Å². The summed E-state index contributed by atoms with van der Waals surface area (Å²) in [6, 6.07) is 8.17. The van der Waals surface area contributed by atoms with Crippen LogP contribution < -0.4 is 10.1 Å². The Balaban J connectivity index is 2.46. The summed E-state index contributed by atoms with van der Waals surface area (Å²) in [4.78, 5) is 11.7. The Hall–Kier alpha value is -1.55. The lowest BCUT2D eigenvalue weighted by Gasteiger charge is -2.25. The molecule has 118 valence electrons. The van der Waals surface area contributed by atoms with Gasteiger partial charge in [-0.3, -0.25) is 4.79 Å².